The molecule has 8 rings (SSSR count). The average molecular weight is 709 g/mol. The summed E-state index contributed by atoms with van der Waals surface area (Å²) in [6.45, 7) is 13.7. The monoisotopic (exact) mass is 709 g/mol. The van der Waals surface area contributed by atoms with Crippen LogP contribution in [0.1, 0.15) is 101 Å². The Morgan fingerprint density at radius 1 is 0.654 bits per heavy atom. The summed E-state index contributed by atoms with van der Waals surface area (Å²) in [5.74, 6) is 2.39. The summed E-state index contributed by atoms with van der Waals surface area (Å²) >= 11 is 0. The average Bonchev–Trinajstić information content (AvgIpc) is 3.10. The van der Waals surface area contributed by atoms with E-state index in [0.29, 0.717) is 23.7 Å². The van der Waals surface area contributed by atoms with Gasteiger partial charge in [-0.3, -0.25) is 19.4 Å². The molecule has 2 aromatic rings. The Morgan fingerprint density at radius 3 is 1.54 bits per heavy atom. The molecule has 282 valence electrons. The number of rotatable bonds is 13. The number of aromatic nitrogens is 2. The van der Waals surface area contributed by atoms with Crippen molar-refractivity contribution in [2.24, 2.45) is 23.7 Å². The number of hydrogen-bond acceptors (Lipinski definition) is 6. The summed E-state index contributed by atoms with van der Waals surface area (Å²) in [6, 6.07) is 7.87. The number of unbranched alkanes of at least 4 members (excludes halogenated alkanes) is 3. The molecule has 0 unspecified atom stereocenters. The van der Waals surface area contributed by atoms with Crippen LogP contribution in [0.3, 0.4) is 0 Å². The van der Waals surface area contributed by atoms with Crippen LogP contribution in [0.15, 0.2) is 57.2 Å². The predicted octanol–water partition coefficient (Wildman–Crippen LogP) is 6.05. The molecular formula is C44H64N6O2. The number of nitrogens with one attached hydrogen (secondary N) is 2. The van der Waals surface area contributed by atoms with E-state index in [0.717, 1.165) is 78.0 Å². The molecule has 4 heterocycles. The van der Waals surface area contributed by atoms with Gasteiger partial charge in [0.25, 0.3) is 0 Å². The minimum atomic E-state index is 0.0393. The Morgan fingerprint density at radius 2 is 1.10 bits per heavy atom. The second kappa shape index (κ2) is 14.8. The van der Waals surface area contributed by atoms with E-state index in [4.69, 9.17) is 0 Å². The van der Waals surface area contributed by atoms with E-state index < -0.39 is 0 Å². The molecule has 2 fully saturated rings. The lowest BCUT2D eigenvalue weighted by Crippen LogP contribution is -2.61. The van der Waals surface area contributed by atoms with Crippen molar-refractivity contribution in [3.8, 4) is 0 Å². The van der Waals surface area contributed by atoms with Crippen LogP contribution in [0.25, 0.3) is 0 Å². The van der Waals surface area contributed by atoms with Gasteiger partial charge in [-0.2, -0.15) is 0 Å². The van der Waals surface area contributed by atoms with Gasteiger partial charge < -0.3 is 19.8 Å². The molecule has 4 bridgehead atoms. The molecule has 8 heteroatoms. The summed E-state index contributed by atoms with van der Waals surface area (Å²) in [4.78, 5) is 41.8. The topological polar surface area (TPSA) is 78.7 Å². The minimum absolute atomic E-state index is 0.0393. The van der Waals surface area contributed by atoms with E-state index in [-0.39, 0.29) is 22.2 Å². The minimum Gasteiger partial charge on any atom is -0.326 e. The second-order valence-corrected chi connectivity index (χ2v) is 17.9. The standard InChI is InChI=1S/C44H64N6O2/c1-31-25-33-27-39-37(13-15-41(51)45-39)43(29-31)35(33)11-9-19-49(43)23-21-47(3)17-7-5-6-8-18-48(4)22-24-50-20-10-12-36-34-26-32(2)30-44(36,50)38-14-16-42(52)46-40(38)28-34/h13-16,25-26,33-36H,5-12,17-24,27-30H2,1-4H3,(H,45,51)(H,46,52)/t33-,34-,35+,36+,43+,44+/m0/s1. The van der Waals surface area contributed by atoms with E-state index in [2.05, 4.69) is 81.8 Å². The molecule has 4 aliphatic carbocycles. The number of fused-ring (bicyclic) bond motifs is 2. The third-order valence-electron chi connectivity index (χ3n) is 14.5. The zero-order valence-corrected chi connectivity index (χ0v) is 32.5. The zero-order chi connectivity index (χ0) is 36.0. The molecule has 0 amide bonds. The highest BCUT2D eigenvalue weighted by Crippen LogP contribution is 2.58. The van der Waals surface area contributed by atoms with Crippen molar-refractivity contribution >= 4 is 0 Å². The number of allylic oxidation sites excluding steroid dienone is 2. The highest BCUT2D eigenvalue weighted by Gasteiger charge is 2.56. The number of nitrogens with zero attached hydrogens (tertiary/aromatic N) is 4. The van der Waals surface area contributed by atoms with E-state index in [1.54, 1.807) is 12.1 Å². The molecule has 6 aliphatic rings. The molecule has 0 saturated carbocycles. The molecule has 0 aromatic carbocycles. The Hall–Kier alpha value is -2.78. The SMILES string of the molecule is CC1=C[C@H]2Cc3[nH]c(=O)ccc3[C@@]3(C1)[C@@H]2CCCN3CCN(C)CCCCCCN(C)CCN1CCC[C@@H]2[C@H]3C=C(C)C[C@]21c1ccc(=O)[nH]c1C3. The van der Waals surface area contributed by atoms with Crippen LogP contribution in [0.5, 0.6) is 0 Å². The van der Waals surface area contributed by atoms with Gasteiger partial charge in [-0.1, -0.05) is 36.1 Å². The van der Waals surface area contributed by atoms with Gasteiger partial charge >= 0.3 is 0 Å². The van der Waals surface area contributed by atoms with Crippen molar-refractivity contribution in [3.05, 3.63) is 90.8 Å². The highest BCUT2D eigenvalue weighted by atomic mass is 16.1. The van der Waals surface area contributed by atoms with Crippen molar-refractivity contribution < 1.29 is 0 Å². The summed E-state index contributed by atoms with van der Waals surface area (Å²) in [7, 11) is 4.62. The summed E-state index contributed by atoms with van der Waals surface area (Å²) < 4.78 is 0. The zero-order valence-electron chi connectivity index (χ0n) is 32.5. The largest absolute Gasteiger partial charge is 0.326 e. The number of aromatic amines is 2. The Kier molecular flexibility index (Phi) is 10.3. The first-order chi connectivity index (χ1) is 25.2. The molecular weight excluding hydrogens is 645 g/mol. The quantitative estimate of drug-likeness (QED) is 0.195. The molecule has 2 N–H and O–H groups in total. The first kappa shape index (κ1) is 36.2. The summed E-state index contributed by atoms with van der Waals surface area (Å²) in [5, 5.41) is 0. The molecule has 8 nitrogen and oxygen atoms in total. The molecule has 0 radical (unpaired) electrons. The van der Waals surface area contributed by atoms with Gasteiger partial charge in [0.2, 0.25) is 11.1 Å². The fourth-order valence-electron chi connectivity index (χ4n) is 12.4. The van der Waals surface area contributed by atoms with Crippen molar-refractivity contribution in [1.29, 1.82) is 0 Å². The van der Waals surface area contributed by atoms with Crippen molar-refractivity contribution in [1.82, 2.24) is 29.6 Å². The van der Waals surface area contributed by atoms with Crippen LogP contribution in [0, 0.1) is 23.7 Å². The van der Waals surface area contributed by atoms with Gasteiger partial charge in [0, 0.05) is 49.7 Å². The van der Waals surface area contributed by atoms with Crippen molar-refractivity contribution in [2.45, 2.75) is 102 Å². The smallest absolute Gasteiger partial charge is 0.248 e. The molecule has 6 atom stereocenters. The van der Waals surface area contributed by atoms with Gasteiger partial charge in [-0.05, 0) is 165 Å². The van der Waals surface area contributed by atoms with Crippen molar-refractivity contribution in [2.75, 3.05) is 66.5 Å². The first-order valence-corrected chi connectivity index (χ1v) is 20.8. The fraction of sp³-hybridized carbons (Fsp3) is 0.682. The third-order valence-corrected chi connectivity index (χ3v) is 14.5. The Labute approximate surface area is 311 Å². The predicted molar refractivity (Wildman–Crippen MR) is 211 cm³/mol. The van der Waals surface area contributed by atoms with Gasteiger partial charge in [0.1, 0.15) is 0 Å². The van der Waals surface area contributed by atoms with Crippen LogP contribution in [-0.2, 0) is 23.9 Å². The van der Waals surface area contributed by atoms with Gasteiger partial charge in [-0.15, -0.1) is 0 Å². The second-order valence-electron chi connectivity index (χ2n) is 17.9. The van der Waals surface area contributed by atoms with Gasteiger partial charge in [0.15, 0.2) is 0 Å². The Balaban J connectivity index is 0.791. The Bertz CT molecular complexity index is 1660. The fourth-order valence-corrected chi connectivity index (χ4v) is 12.4. The lowest BCUT2D eigenvalue weighted by Gasteiger charge is -2.59. The molecule has 2 saturated heterocycles. The number of H-pyrrole nitrogens is 2. The number of likely N-dealkylation sites (tertiary alicyclic amines) is 2. The van der Waals surface area contributed by atoms with E-state index >= 15 is 0 Å². The summed E-state index contributed by atoms with van der Waals surface area (Å²) in [6.07, 6.45) is 19.4. The summed E-state index contributed by atoms with van der Waals surface area (Å²) in [5.41, 5.74) is 8.38. The molecule has 2 aromatic heterocycles. The van der Waals surface area contributed by atoms with Crippen LogP contribution in [0.4, 0.5) is 0 Å². The van der Waals surface area contributed by atoms with Crippen LogP contribution >= 0.6 is 0 Å². The van der Waals surface area contributed by atoms with Crippen LogP contribution < -0.4 is 11.1 Å². The maximum absolute atomic E-state index is 12.3. The number of hydrogen-bond donors (Lipinski definition) is 2. The van der Waals surface area contributed by atoms with E-state index in [9.17, 15) is 9.59 Å². The lowest BCUT2D eigenvalue weighted by atomic mass is 9.56. The van der Waals surface area contributed by atoms with E-state index in [1.807, 2.05) is 0 Å². The number of likely N-dealkylation sites (N-methyl/N-ethyl adjacent to an activating group) is 2. The number of piperidine rings is 2. The van der Waals surface area contributed by atoms with Gasteiger partial charge in [-0.25, -0.2) is 0 Å². The molecule has 2 aliphatic heterocycles. The van der Waals surface area contributed by atoms with Crippen LogP contribution in [0.2, 0.25) is 0 Å². The molecule has 0 spiro atoms. The maximum atomic E-state index is 12.3. The normalized spacial score (nSPS) is 31.0. The highest BCUT2D eigenvalue weighted by molar-refractivity contribution is 5.41. The number of pyridine rings is 2. The van der Waals surface area contributed by atoms with Crippen molar-refractivity contribution in [3.63, 3.8) is 0 Å². The van der Waals surface area contributed by atoms with E-state index in [1.165, 1.54) is 85.0 Å². The van der Waals surface area contributed by atoms with Crippen LogP contribution in [-0.4, -0.2) is 96.0 Å². The maximum Gasteiger partial charge on any atom is 0.248 e. The first-order valence-electron chi connectivity index (χ1n) is 20.8. The third kappa shape index (κ3) is 6.54. The lowest BCUT2D eigenvalue weighted by molar-refractivity contribution is -0.0480. The van der Waals surface area contributed by atoms with Gasteiger partial charge in [0.05, 0.1) is 11.1 Å². The molecule has 52 heavy (non-hydrogen) atoms.